The van der Waals surface area contributed by atoms with Gasteiger partial charge in [-0.1, -0.05) is 41.4 Å². The van der Waals surface area contributed by atoms with Crippen LogP contribution in [0, 0.1) is 0 Å². The number of nitrogens with zero attached hydrogens (tertiary/aromatic N) is 1. The average molecular weight is 580 g/mol. The Morgan fingerprint density at radius 1 is 0.947 bits per heavy atom. The predicted molar refractivity (Wildman–Crippen MR) is 149 cm³/mol. The molecule has 0 aliphatic heterocycles. The molecule has 0 radical (unpaired) electrons. The number of hydrogen-bond acceptors (Lipinski definition) is 6. The van der Waals surface area contributed by atoms with E-state index >= 15 is 0 Å². The van der Waals surface area contributed by atoms with Crippen molar-refractivity contribution in [2.45, 2.75) is 6.42 Å². The Morgan fingerprint density at radius 3 is 2.34 bits per heavy atom. The van der Waals surface area contributed by atoms with Crippen LogP contribution in [0.4, 0.5) is 11.4 Å². The summed E-state index contributed by atoms with van der Waals surface area (Å²) in [6, 6.07) is 16.2. The summed E-state index contributed by atoms with van der Waals surface area (Å²) in [5, 5.41) is 5.82. The van der Waals surface area contributed by atoms with Crippen LogP contribution in [0.5, 0.6) is 11.5 Å². The molecular weight excluding hydrogens is 553 g/mol. The van der Waals surface area contributed by atoms with Crippen molar-refractivity contribution >= 4 is 56.4 Å². The maximum atomic E-state index is 12.9. The van der Waals surface area contributed by atoms with Gasteiger partial charge in [-0.25, -0.2) is 8.42 Å². The summed E-state index contributed by atoms with van der Waals surface area (Å²) in [6.07, 6.45) is 1.49. The molecule has 0 fully saturated rings. The minimum absolute atomic E-state index is 0.0676. The lowest BCUT2D eigenvalue weighted by Crippen LogP contribution is -2.38. The number of rotatable bonds is 11. The zero-order valence-corrected chi connectivity index (χ0v) is 23.3. The molecule has 0 heterocycles. The number of amides is 2. The number of sulfonamides is 1. The summed E-state index contributed by atoms with van der Waals surface area (Å²) in [6.45, 7) is -0.250. The topological polar surface area (TPSA) is 114 Å². The van der Waals surface area contributed by atoms with E-state index in [0.29, 0.717) is 24.5 Å². The van der Waals surface area contributed by atoms with Crippen LogP contribution in [0.3, 0.4) is 0 Å². The largest absolute Gasteiger partial charge is 0.493 e. The van der Waals surface area contributed by atoms with Crippen molar-refractivity contribution in [3.05, 3.63) is 81.8 Å². The highest BCUT2D eigenvalue weighted by molar-refractivity contribution is 7.92. The highest BCUT2D eigenvalue weighted by Crippen LogP contribution is 2.31. The van der Waals surface area contributed by atoms with Gasteiger partial charge in [-0.15, -0.1) is 0 Å². The van der Waals surface area contributed by atoms with Crippen LogP contribution in [0.15, 0.2) is 60.7 Å². The van der Waals surface area contributed by atoms with Crippen molar-refractivity contribution in [3.8, 4) is 11.5 Å². The minimum Gasteiger partial charge on any atom is -0.493 e. The zero-order valence-electron chi connectivity index (χ0n) is 21.0. The molecule has 0 saturated carbocycles. The minimum atomic E-state index is -3.89. The summed E-state index contributed by atoms with van der Waals surface area (Å²) in [5.74, 6) is 0.125. The van der Waals surface area contributed by atoms with Gasteiger partial charge >= 0.3 is 0 Å². The molecule has 0 spiro atoms. The first kappa shape index (κ1) is 29.1. The van der Waals surface area contributed by atoms with E-state index in [4.69, 9.17) is 32.7 Å². The highest BCUT2D eigenvalue weighted by atomic mass is 35.5. The number of anilines is 2. The Morgan fingerprint density at radius 2 is 1.66 bits per heavy atom. The third-order valence-electron chi connectivity index (χ3n) is 5.46. The summed E-state index contributed by atoms with van der Waals surface area (Å²) < 4.78 is 36.3. The molecule has 9 nitrogen and oxygen atoms in total. The lowest BCUT2D eigenvalue weighted by molar-refractivity contribution is -0.114. The van der Waals surface area contributed by atoms with Gasteiger partial charge in [0.1, 0.15) is 6.54 Å². The lowest BCUT2D eigenvalue weighted by Gasteiger charge is -2.23. The van der Waals surface area contributed by atoms with Crippen molar-refractivity contribution in [2.24, 2.45) is 0 Å². The molecule has 202 valence electrons. The lowest BCUT2D eigenvalue weighted by atomic mass is 10.1. The van der Waals surface area contributed by atoms with Crippen molar-refractivity contribution in [2.75, 3.05) is 43.2 Å². The normalized spacial score (nSPS) is 11.0. The van der Waals surface area contributed by atoms with E-state index < -0.39 is 28.4 Å². The van der Waals surface area contributed by atoms with E-state index in [-0.39, 0.29) is 27.0 Å². The first-order valence-electron chi connectivity index (χ1n) is 11.3. The van der Waals surface area contributed by atoms with Crippen LogP contribution in [-0.4, -0.2) is 53.8 Å². The molecule has 0 bridgehead atoms. The number of halogens is 2. The van der Waals surface area contributed by atoms with Crippen LogP contribution < -0.4 is 24.4 Å². The zero-order chi connectivity index (χ0) is 27.9. The Bertz CT molecular complexity index is 1430. The summed E-state index contributed by atoms with van der Waals surface area (Å²) in [5.41, 5.74) is 1.45. The molecule has 2 amide bonds. The quantitative estimate of drug-likeness (QED) is 0.348. The second-order valence-electron chi connectivity index (χ2n) is 8.15. The van der Waals surface area contributed by atoms with Crippen LogP contribution in [0.1, 0.15) is 15.9 Å². The molecule has 0 aliphatic rings. The maximum absolute atomic E-state index is 12.9. The van der Waals surface area contributed by atoms with Gasteiger partial charge in [0.25, 0.3) is 5.91 Å². The third-order valence-corrected chi connectivity index (χ3v) is 7.14. The van der Waals surface area contributed by atoms with Crippen molar-refractivity contribution < 1.29 is 27.5 Å². The number of hydrogen-bond donors (Lipinski definition) is 2. The van der Waals surface area contributed by atoms with Gasteiger partial charge in [0.15, 0.2) is 11.5 Å². The molecule has 0 aliphatic carbocycles. The molecule has 3 aromatic rings. The second kappa shape index (κ2) is 12.9. The fourth-order valence-electron chi connectivity index (χ4n) is 3.62. The molecular formula is C26H27Cl2N3O6S. The summed E-state index contributed by atoms with van der Waals surface area (Å²) >= 11 is 12.2. The molecule has 0 saturated heterocycles. The number of benzene rings is 3. The molecule has 0 aromatic heterocycles. The van der Waals surface area contributed by atoms with E-state index in [1.165, 1.54) is 18.2 Å². The highest BCUT2D eigenvalue weighted by Gasteiger charge is 2.24. The number of carbonyl (C=O) groups excluding carboxylic acids is 2. The molecule has 0 unspecified atom stereocenters. The fraction of sp³-hybridized carbons (Fsp3) is 0.231. The van der Waals surface area contributed by atoms with Gasteiger partial charge in [0.05, 0.1) is 42.4 Å². The average Bonchev–Trinajstić information content (AvgIpc) is 2.88. The third kappa shape index (κ3) is 7.53. The molecule has 0 atom stereocenters. The molecule has 12 heteroatoms. The van der Waals surface area contributed by atoms with Gasteiger partial charge in [-0.3, -0.25) is 13.9 Å². The SMILES string of the molecule is COc1ccc(CCNC(=O)c2ccccc2NC(=O)CN(c2cc(Cl)ccc2Cl)S(C)(=O)=O)cc1OC. The summed E-state index contributed by atoms with van der Waals surface area (Å²) in [7, 11) is -0.782. The van der Waals surface area contributed by atoms with E-state index in [9.17, 15) is 18.0 Å². The fourth-order valence-corrected chi connectivity index (χ4v) is 4.92. The van der Waals surface area contributed by atoms with Gasteiger partial charge in [-0.05, 0) is 54.4 Å². The van der Waals surface area contributed by atoms with E-state index in [0.717, 1.165) is 16.1 Å². The van der Waals surface area contributed by atoms with Gasteiger partial charge in [0, 0.05) is 11.6 Å². The molecule has 3 aromatic carbocycles. The number of para-hydroxylation sites is 1. The van der Waals surface area contributed by atoms with Gasteiger partial charge in [-0.2, -0.15) is 0 Å². The second-order valence-corrected chi connectivity index (χ2v) is 10.9. The van der Waals surface area contributed by atoms with Gasteiger partial charge in [0.2, 0.25) is 15.9 Å². The number of nitrogens with one attached hydrogen (secondary N) is 2. The van der Waals surface area contributed by atoms with Gasteiger partial charge < -0.3 is 20.1 Å². The van der Waals surface area contributed by atoms with E-state index in [1.807, 2.05) is 12.1 Å². The maximum Gasteiger partial charge on any atom is 0.253 e. The van der Waals surface area contributed by atoms with Crippen molar-refractivity contribution in [1.29, 1.82) is 0 Å². The van der Waals surface area contributed by atoms with E-state index in [2.05, 4.69) is 10.6 Å². The molecule has 3 rings (SSSR count). The Kier molecular flexibility index (Phi) is 9.84. The van der Waals surface area contributed by atoms with Crippen LogP contribution in [0.2, 0.25) is 10.0 Å². The number of carbonyl (C=O) groups is 2. The molecule has 2 N–H and O–H groups in total. The first-order valence-corrected chi connectivity index (χ1v) is 13.9. The first-order chi connectivity index (χ1) is 18.0. The van der Waals surface area contributed by atoms with Crippen molar-refractivity contribution in [1.82, 2.24) is 5.32 Å². The van der Waals surface area contributed by atoms with Crippen LogP contribution in [0.25, 0.3) is 0 Å². The monoisotopic (exact) mass is 579 g/mol. The van der Waals surface area contributed by atoms with Crippen molar-refractivity contribution in [3.63, 3.8) is 0 Å². The van der Waals surface area contributed by atoms with Crippen LogP contribution in [-0.2, 0) is 21.2 Å². The Balaban J connectivity index is 1.69. The summed E-state index contributed by atoms with van der Waals surface area (Å²) in [4.78, 5) is 25.8. The number of ether oxygens (including phenoxy) is 2. The Hall–Kier alpha value is -3.47. The standard InChI is InChI=1S/C26H27Cl2N3O6S/c1-36-23-11-8-17(14-24(23)37-2)12-13-29-26(33)19-6-4-5-7-21(19)30-25(32)16-31(38(3,34)35)22-15-18(27)9-10-20(22)28/h4-11,14-15H,12-13,16H2,1-3H3,(H,29,33)(H,30,32). The van der Waals surface area contributed by atoms with Crippen LogP contribution >= 0.6 is 23.2 Å². The van der Waals surface area contributed by atoms with E-state index in [1.54, 1.807) is 44.6 Å². The molecule has 38 heavy (non-hydrogen) atoms. The number of methoxy groups -OCH3 is 2. The predicted octanol–water partition coefficient (Wildman–Crippen LogP) is 4.39. The smallest absolute Gasteiger partial charge is 0.253 e. The Labute approximate surface area is 231 Å².